The predicted octanol–water partition coefficient (Wildman–Crippen LogP) is 1.82. The number of aryl methyl sites for hydroxylation is 1. The number of hydrogen-bond donors (Lipinski definition) is 0. The highest BCUT2D eigenvalue weighted by Gasteiger charge is 2.18. The average Bonchev–Trinajstić information content (AvgIpc) is 2.85. The Kier molecular flexibility index (Phi) is 2.73. The van der Waals surface area contributed by atoms with Gasteiger partial charge >= 0.3 is 0 Å². The van der Waals surface area contributed by atoms with Gasteiger partial charge in [0.15, 0.2) is 0 Å². The lowest BCUT2D eigenvalue weighted by molar-refractivity contribution is 0.454. The maximum absolute atomic E-state index is 10.9. The van der Waals surface area contributed by atoms with Crippen molar-refractivity contribution < 1.29 is 17.3 Å². The van der Waals surface area contributed by atoms with E-state index in [1.54, 1.807) is 0 Å². The van der Waals surface area contributed by atoms with Crippen molar-refractivity contribution in [1.29, 1.82) is 0 Å². The third kappa shape index (κ3) is 2.10. The Morgan fingerprint density at radius 2 is 2.19 bits per heavy atom. The first kappa shape index (κ1) is 11.2. The summed E-state index contributed by atoms with van der Waals surface area (Å²) in [6, 6.07) is 1.23. The van der Waals surface area contributed by atoms with Gasteiger partial charge in [0, 0.05) is 23.2 Å². The van der Waals surface area contributed by atoms with E-state index in [9.17, 15) is 8.42 Å². The molecule has 0 radical (unpaired) electrons. The molecule has 2 rings (SSSR count). The van der Waals surface area contributed by atoms with Crippen molar-refractivity contribution >= 4 is 19.7 Å². The highest BCUT2D eigenvalue weighted by Crippen LogP contribution is 2.25. The molecule has 0 spiro atoms. The van der Waals surface area contributed by atoms with Gasteiger partial charge in [0.1, 0.15) is 6.26 Å². The van der Waals surface area contributed by atoms with Crippen LogP contribution in [0.25, 0.3) is 11.5 Å². The monoisotopic (exact) mass is 262 g/mol. The van der Waals surface area contributed by atoms with Gasteiger partial charge in [-0.1, -0.05) is 6.92 Å². The third-order valence-corrected chi connectivity index (χ3v) is 2.98. The summed E-state index contributed by atoms with van der Waals surface area (Å²) in [5.41, 5.74) is 0.381. The lowest BCUT2D eigenvalue weighted by Crippen LogP contribution is -1.85. The quantitative estimate of drug-likeness (QED) is 0.784. The van der Waals surface area contributed by atoms with Crippen LogP contribution in [0.5, 0.6) is 0 Å². The first-order valence-corrected chi connectivity index (χ1v) is 6.67. The number of hydrogen-bond acceptors (Lipinski definition) is 6. The van der Waals surface area contributed by atoms with Crippen LogP contribution < -0.4 is 0 Å². The molecule has 0 saturated carbocycles. The van der Waals surface area contributed by atoms with Crippen LogP contribution in [0.15, 0.2) is 26.3 Å². The van der Waals surface area contributed by atoms with Gasteiger partial charge in [0.05, 0.1) is 5.56 Å². The van der Waals surface area contributed by atoms with E-state index in [1.165, 1.54) is 12.3 Å². The molecule has 16 heavy (non-hydrogen) atoms. The predicted molar refractivity (Wildman–Crippen MR) is 54.4 cm³/mol. The van der Waals surface area contributed by atoms with E-state index in [0.717, 1.165) is 0 Å². The van der Waals surface area contributed by atoms with Crippen LogP contribution >= 0.6 is 10.7 Å². The molecule has 0 unspecified atom stereocenters. The van der Waals surface area contributed by atoms with Gasteiger partial charge < -0.3 is 8.83 Å². The fourth-order valence-electron chi connectivity index (χ4n) is 1.07. The second-order valence-electron chi connectivity index (χ2n) is 2.95. The molecule has 0 aromatic carbocycles. The molecular weight excluding hydrogens is 256 g/mol. The van der Waals surface area contributed by atoms with Crippen molar-refractivity contribution in [1.82, 2.24) is 10.2 Å². The molecule has 0 saturated heterocycles. The summed E-state index contributed by atoms with van der Waals surface area (Å²) in [4.78, 5) is 0. The van der Waals surface area contributed by atoms with Crippen LogP contribution in [0.1, 0.15) is 12.8 Å². The summed E-state index contributed by atoms with van der Waals surface area (Å²) in [6.45, 7) is 1.86. The van der Waals surface area contributed by atoms with Crippen LogP contribution in [0, 0.1) is 0 Å². The average molecular weight is 263 g/mol. The summed E-state index contributed by atoms with van der Waals surface area (Å²) >= 11 is 0. The van der Waals surface area contributed by atoms with Crippen LogP contribution in [0.2, 0.25) is 0 Å². The minimum Gasteiger partial charge on any atom is -0.451 e. The van der Waals surface area contributed by atoms with E-state index in [1.807, 2.05) is 6.92 Å². The molecule has 0 aliphatic carbocycles. The second-order valence-corrected chi connectivity index (χ2v) is 5.44. The molecule has 2 aromatic rings. The van der Waals surface area contributed by atoms with Gasteiger partial charge in [-0.3, -0.25) is 0 Å². The number of halogens is 1. The van der Waals surface area contributed by atoms with E-state index in [-0.39, 0.29) is 11.0 Å². The lowest BCUT2D eigenvalue weighted by Gasteiger charge is -1.85. The fraction of sp³-hybridized carbons (Fsp3) is 0.250. The summed E-state index contributed by atoms with van der Waals surface area (Å²) < 4.78 is 31.9. The van der Waals surface area contributed by atoms with E-state index in [0.29, 0.717) is 17.9 Å². The van der Waals surface area contributed by atoms with Crippen LogP contribution in [0.4, 0.5) is 0 Å². The van der Waals surface area contributed by atoms with Crippen molar-refractivity contribution in [3.63, 3.8) is 0 Å². The Morgan fingerprint density at radius 3 is 2.69 bits per heavy atom. The first-order valence-electron chi connectivity index (χ1n) is 4.36. The molecule has 2 heterocycles. The fourth-order valence-corrected chi connectivity index (χ4v) is 1.74. The molecular formula is C8H7ClN2O4S. The molecule has 2 aromatic heterocycles. The molecule has 0 N–H and O–H groups in total. The van der Waals surface area contributed by atoms with Crippen molar-refractivity contribution in [2.24, 2.45) is 0 Å². The van der Waals surface area contributed by atoms with Crippen LogP contribution in [-0.2, 0) is 15.5 Å². The van der Waals surface area contributed by atoms with Gasteiger partial charge in [-0.25, -0.2) is 8.42 Å². The second kappa shape index (κ2) is 3.91. The molecule has 0 bridgehead atoms. The molecule has 0 aliphatic heterocycles. The van der Waals surface area contributed by atoms with Gasteiger partial charge in [-0.15, -0.1) is 10.2 Å². The molecule has 86 valence electrons. The van der Waals surface area contributed by atoms with Crippen molar-refractivity contribution in [3.05, 3.63) is 18.2 Å². The Hall–Kier alpha value is -1.34. The molecule has 6 nitrogen and oxygen atoms in total. The molecule has 8 heteroatoms. The lowest BCUT2D eigenvalue weighted by atomic mass is 10.3. The Balaban J connectivity index is 2.39. The Bertz CT molecular complexity index is 601. The van der Waals surface area contributed by atoms with Gasteiger partial charge in [-0.2, -0.15) is 0 Å². The van der Waals surface area contributed by atoms with E-state index in [4.69, 9.17) is 19.5 Å². The number of furan rings is 1. The summed E-state index contributed by atoms with van der Waals surface area (Å²) in [6.07, 6.45) is 1.80. The SMILES string of the molecule is CCc1nnc(-c2coc(S(=O)(=O)Cl)c2)o1. The van der Waals surface area contributed by atoms with E-state index < -0.39 is 9.05 Å². The highest BCUT2D eigenvalue weighted by atomic mass is 35.7. The van der Waals surface area contributed by atoms with Crippen molar-refractivity contribution in [2.75, 3.05) is 0 Å². The maximum Gasteiger partial charge on any atom is 0.294 e. The van der Waals surface area contributed by atoms with E-state index in [2.05, 4.69) is 10.2 Å². The smallest absolute Gasteiger partial charge is 0.294 e. The summed E-state index contributed by atoms with van der Waals surface area (Å²) in [5.74, 6) is 0.665. The molecule has 0 aliphatic rings. The number of nitrogens with zero attached hydrogens (tertiary/aromatic N) is 2. The zero-order valence-corrected chi connectivity index (χ0v) is 9.75. The molecule has 0 atom stereocenters. The normalized spacial score (nSPS) is 11.9. The standard InChI is InChI=1S/C8H7ClN2O4S/c1-2-6-10-11-8(15-6)5-3-7(14-4-5)16(9,12)13/h3-4H,2H2,1H3. The van der Waals surface area contributed by atoms with Crippen LogP contribution in [0.3, 0.4) is 0 Å². The Morgan fingerprint density at radius 1 is 1.44 bits per heavy atom. The van der Waals surface area contributed by atoms with Gasteiger partial charge in [-0.05, 0) is 0 Å². The van der Waals surface area contributed by atoms with Gasteiger partial charge in [0.2, 0.25) is 11.0 Å². The number of rotatable bonds is 3. The minimum atomic E-state index is -3.87. The van der Waals surface area contributed by atoms with E-state index >= 15 is 0 Å². The topological polar surface area (TPSA) is 86.2 Å². The molecule has 0 fully saturated rings. The summed E-state index contributed by atoms with van der Waals surface area (Å²) in [7, 11) is 1.23. The Labute approximate surface area is 95.6 Å². The summed E-state index contributed by atoms with van der Waals surface area (Å²) in [5, 5.41) is 7.13. The van der Waals surface area contributed by atoms with Gasteiger partial charge in [0.25, 0.3) is 14.9 Å². The first-order chi connectivity index (χ1) is 7.50. The zero-order valence-electron chi connectivity index (χ0n) is 8.18. The maximum atomic E-state index is 10.9. The highest BCUT2D eigenvalue weighted by molar-refractivity contribution is 8.13. The van der Waals surface area contributed by atoms with Crippen molar-refractivity contribution in [2.45, 2.75) is 18.4 Å². The third-order valence-electron chi connectivity index (χ3n) is 1.83. The van der Waals surface area contributed by atoms with Crippen LogP contribution in [-0.4, -0.2) is 18.6 Å². The number of aromatic nitrogens is 2. The minimum absolute atomic E-state index is 0.201. The molecule has 0 amide bonds. The largest absolute Gasteiger partial charge is 0.451 e. The van der Waals surface area contributed by atoms with Crippen molar-refractivity contribution in [3.8, 4) is 11.5 Å². The zero-order chi connectivity index (χ0) is 11.8.